The molecule has 0 aliphatic heterocycles. The number of nitrogens with zero attached hydrogens (tertiary/aromatic N) is 2. The molecule has 1 aromatic carbocycles. The number of aromatic nitrogens is 2. The van der Waals surface area contributed by atoms with Crippen LogP contribution in [0.4, 0.5) is 0 Å². The van der Waals surface area contributed by atoms with E-state index >= 15 is 0 Å². The Morgan fingerprint density at radius 2 is 2.28 bits per heavy atom. The minimum absolute atomic E-state index is 0.0341. The second-order valence-corrected chi connectivity index (χ2v) is 8.51. The zero-order valence-corrected chi connectivity index (χ0v) is 15.5. The average Bonchev–Trinajstić information content (AvgIpc) is 2.97. The molecule has 3 aromatic rings. The lowest BCUT2D eigenvalue weighted by Crippen LogP contribution is -2.13. The second kappa shape index (κ2) is 6.66. The summed E-state index contributed by atoms with van der Waals surface area (Å²) in [4.78, 5) is 22.4. The van der Waals surface area contributed by atoms with Crippen LogP contribution in [0.3, 0.4) is 0 Å². The average molecular weight is 367 g/mol. The Labute approximate surface area is 153 Å². The Hall–Kier alpha value is -2.10. The molecule has 0 saturated carbocycles. The molecule has 1 aliphatic carbocycles. The van der Waals surface area contributed by atoms with Gasteiger partial charge in [0.05, 0.1) is 17.0 Å². The SMILES string of the molecule is C[C@@H]1CCc2c(sc3nc(SCc4ccccc4C#N)[nH]c(=O)c23)C1. The quantitative estimate of drug-likeness (QED) is 0.554. The first-order chi connectivity index (χ1) is 12.2. The van der Waals surface area contributed by atoms with E-state index in [1.807, 2.05) is 24.3 Å². The molecule has 0 spiro atoms. The van der Waals surface area contributed by atoms with Crippen molar-refractivity contribution in [2.75, 3.05) is 0 Å². The molecule has 4 nitrogen and oxygen atoms in total. The van der Waals surface area contributed by atoms with Crippen LogP contribution in [-0.4, -0.2) is 9.97 Å². The van der Waals surface area contributed by atoms with E-state index in [1.54, 1.807) is 11.3 Å². The van der Waals surface area contributed by atoms with E-state index in [0.717, 1.165) is 35.0 Å². The van der Waals surface area contributed by atoms with E-state index in [-0.39, 0.29) is 5.56 Å². The van der Waals surface area contributed by atoms with Crippen LogP contribution in [0, 0.1) is 17.2 Å². The number of aryl methyl sites for hydroxylation is 1. The Kier molecular flexibility index (Phi) is 4.36. The summed E-state index contributed by atoms with van der Waals surface area (Å²) in [5.41, 5.74) is 2.79. The summed E-state index contributed by atoms with van der Waals surface area (Å²) in [6.07, 6.45) is 3.16. The van der Waals surface area contributed by atoms with Crippen LogP contribution in [0.2, 0.25) is 0 Å². The van der Waals surface area contributed by atoms with Gasteiger partial charge in [0.1, 0.15) is 4.83 Å². The van der Waals surface area contributed by atoms with Crippen LogP contribution < -0.4 is 5.56 Å². The summed E-state index contributed by atoms with van der Waals surface area (Å²) < 4.78 is 0. The first kappa shape index (κ1) is 16.4. The third-order valence-electron chi connectivity index (χ3n) is 4.65. The minimum atomic E-state index is -0.0341. The molecule has 1 atom stereocenters. The lowest BCUT2D eigenvalue weighted by molar-refractivity contribution is 0.509. The predicted molar refractivity (Wildman–Crippen MR) is 102 cm³/mol. The fourth-order valence-electron chi connectivity index (χ4n) is 3.30. The van der Waals surface area contributed by atoms with Crippen LogP contribution in [0.1, 0.15) is 34.9 Å². The molecule has 1 aliphatic rings. The molecule has 0 saturated heterocycles. The lowest BCUT2D eigenvalue weighted by atomic mass is 9.89. The smallest absolute Gasteiger partial charge is 0.260 e. The van der Waals surface area contributed by atoms with Crippen LogP contribution in [0.5, 0.6) is 0 Å². The number of H-pyrrole nitrogens is 1. The van der Waals surface area contributed by atoms with E-state index in [1.165, 1.54) is 22.2 Å². The zero-order chi connectivity index (χ0) is 17.4. The van der Waals surface area contributed by atoms with Crippen molar-refractivity contribution in [2.24, 2.45) is 5.92 Å². The summed E-state index contributed by atoms with van der Waals surface area (Å²) in [5.74, 6) is 1.29. The molecular weight excluding hydrogens is 350 g/mol. The van der Waals surface area contributed by atoms with Gasteiger partial charge < -0.3 is 4.98 Å². The summed E-state index contributed by atoms with van der Waals surface area (Å²) in [7, 11) is 0. The van der Waals surface area contributed by atoms with Crippen molar-refractivity contribution in [2.45, 2.75) is 37.1 Å². The predicted octanol–water partition coefficient (Wildman–Crippen LogP) is 4.27. The maximum atomic E-state index is 12.6. The van der Waals surface area contributed by atoms with Gasteiger partial charge in [0.2, 0.25) is 0 Å². The van der Waals surface area contributed by atoms with Crippen LogP contribution in [0.25, 0.3) is 10.2 Å². The number of fused-ring (bicyclic) bond motifs is 3. The molecule has 25 heavy (non-hydrogen) atoms. The van der Waals surface area contributed by atoms with Gasteiger partial charge in [-0.25, -0.2) is 4.98 Å². The monoisotopic (exact) mass is 367 g/mol. The number of aromatic amines is 1. The van der Waals surface area contributed by atoms with E-state index in [0.29, 0.717) is 22.4 Å². The number of hydrogen-bond acceptors (Lipinski definition) is 5. The first-order valence-electron chi connectivity index (χ1n) is 8.31. The number of benzene rings is 1. The van der Waals surface area contributed by atoms with E-state index < -0.39 is 0 Å². The standard InChI is InChI=1S/C19H17N3OS2/c1-11-6-7-14-15(8-11)25-18-16(14)17(23)21-19(22-18)24-10-13-5-3-2-4-12(13)9-20/h2-5,11H,6-8,10H2,1H3,(H,21,22,23)/t11-/m1/s1. The van der Waals surface area contributed by atoms with Gasteiger partial charge in [0.15, 0.2) is 5.16 Å². The molecule has 2 heterocycles. The van der Waals surface area contributed by atoms with Crippen molar-refractivity contribution < 1.29 is 0 Å². The maximum absolute atomic E-state index is 12.6. The Morgan fingerprint density at radius 1 is 1.44 bits per heavy atom. The molecule has 1 N–H and O–H groups in total. The molecule has 126 valence electrons. The highest BCUT2D eigenvalue weighted by Gasteiger charge is 2.23. The molecular formula is C19H17N3OS2. The van der Waals surface area contributed by atoms with E-state index in [2.05, 4.69) is 23.0 Å². The number of thiophene rings is 1. The van der Waals surface area contributed by atoms with E-state index in [9.17, 15) is 10.1 Å². The van der Waals surface area contributed by atoms with Crippen molar-refractivity contribution in [3.63, 3.8) is 0 Å². The number of hydrogen-bond donors (Lipinski definition) is 1. The van der Waals surface area contributed by atoms with Gasteiger partial charge in [0, 0.05) is 10.6 Å². The maximum Gasteiger partial charge on any atom is 0.260 e. The second-order valence-electron chi connectivity index (χ2n) is 6.46. The van der Waals surface area contributed by atoms with Gasteiger partial charge in [-0.15, -0.1) is 11.3 Å². The summed E-state index contributed by atoms with van der Waals surface area (Å²) >= 11 is 3.13. The molecule has 0 unspecified atom stereocenters. The van der Waals surface area contributed by atoms with Crippen LogP contribution in [0.15, 0.2) is 34.2 Å². The lowest BCUT2D eigenvalue weighted by Gasteiger charge is -2.17. The molecule has 0 amide bonds. The Balaban J connectivity index is 1.66. The van der Waals surface area contributed by atoms with Crippen LogP contribution >= 0.6 is 23.1 Å². The van der Waals surface area contributed by atoms with Gasteiger partial charge in [-0.2, -0.15) is 5.26 Å². The molecule has 6 heteroatoms. The van der Waals surface area contributed by atoms with Gasteiger partial charge in [-0.1, -0.05) is 36.9 Å². The molecule has 4 rings (SSSR count). The highest BCUT2D eigenvalue weighted by atomic mass is 32.2. The number of nitriles is 1. The van der Waals surface area contributed by atoms with Crippen molar-refractivity contribution in [3.8, 4) is 6.07 Å². The normalized spacial score (nSPS) is 16.6. The van der Waals surface area contributed by atoms with Crippen molar-refractivity contribution in [3.05, 3.63) is 56.2 Å². The largest absolute Gasteiger partial charge is 0.301 e. The zero-order valence-electron chi connectivity index (χ0n) is 13.8. The van der Waals surface area contributed by atoms with Crippen molar-refractivity contribution in [1.29, 1.82) is 5.26 Å². The summed E-state index contributed by atoms with van der Waals surface area (Å²) in [6, 6.07) is 9.73. The fourth-order valence-corrected chi connectivity index (χ4v) is 5.60. The highest BCUT2D eigenvalue weighted by Crippen LogP contribution is 2.36. The van der Waals surface area contributed by atoms with Crippen molar-refractivity contribution >= 4 is 33.3 Å². The fraction of sp³-hybridized carbons (Fsp3) is 0.316. The van der Waals surface area contributed by atoms with E-state index in [4.69, 9.17) is 0 Å². The number of nitrogens with one attached hydrogen (secondary N) is 1. The molecule has 0 radical (unpaired) electrons. The molecule has 2 aromatic heterocycles. The van der Waals surface area contributed by atoms with Crippen molar-refractivity contribution in [1.82, 2.24) is 9.97 Å². The third kappa shape index (κ3) is 3.10. The topological polar surface area (TPSA) is 69.5 Å². The Morgan fingerprint density at radius 3 is 3.12 bits per heavy atom. The summed E-state index contributed by atoms with van der Waals surface area (Å²) in [5, 5.41) is 10.6. The first-order valence-corrected chi connectivity index (χ1v) is 10.1. The van der Waals surface area contributed by atoms with Gasteiger partial charge in [0.25, 0.3) is 5.56 Å². The highest BCUT2D eigenvalue weighted by molar-refractivity contribution is 7.98. The molecule has 0 fully saturated rings. The number of rotatable bonds is 3. The van der Waals surface area contributed by atoms with Gasteiger partial charge in [-0.3, -0.25) is 4.79 Å². The minimum Gasteiger partial charge on any atom is -0.301 e. The number of thioether (sulfide) groups is 1. The third-order valence-corrected chi connectivity index (χ3v) is 6.72. The summed E-state index contributed by atoms with van der Waals surface area (Å²) in [6.45, 7) is 2.26. The van der Waals surface area contributed by atoms with Gasteiger partial charge in [-0.05, 0) is 42.4 Å². The Bertz CT molecular complexity index is 1040. The molecule has 0 bridgehead atoms. The van der Waals surface area contributed by atoms with Crippen LogP contribution in [-0.2, 0) is 18.6 Å². The van der Waals surface area contributed by atoms with Gasteiger partial charge >= 0.3 is 0 Å².